The molecule has 5 heteroatoms. The molecule has 0 aliphatic heterocycles. The lowest BCUT2D eigenvalue weighted by atomic mass is 10.2. The van der Waals surface area contributed by atoms with Gasteiger partial charge in [0.2, 0.25) is 0 Å². The van der Waals surface area contributed by atoms with Gasteiger partial charge in [-0.25, -0.2) is 9.00 Å². The fourth-order valence-electron chi connectivity index (χ4n) is 1.76. The van der Waals surface area contributed by atoms with Crippen molar-refractivity contribution in [3.63, 3.8) is 0 Å². The number of esters is 1. The van der Waals surface area contributed by atoms with Crippen LogP contribution in [0.15, 0.2) is 65.6 Å². The van der Waals surface area contributed by atoms with Gasteiger partial charge in [0.15, 0.2) is 0 Å². The number of anilines is 1. The molecule has 4 nitrogen and oxygen atoms in total. The summed E-state index contributed by atoms with van der Waals surface area (Å²) < 4.78 is 20.0. The Kier molecular flexibility index (Phi) is 5.91. The molecular formula is C17H17NO3S. The van der Waals surface area contributed by atoms with Gasteiger partial charge in [-0.1, -0.05) is 30.3 Å². The van der Waals surface area contributed by atoms with Crippen LogP contribution in [0.3, 0.4) is 0 Å². The van der Waals surface area contributed by atoms with Gasteiger partial charge in [0, 0.05) is 11.8 Å². The standard InChI is InChI=1S/C17H17NO3S/c1-2-21-17(19)12-11-14-7-6-10-16(13-14)22(20)18-15-8-4-3-5-9-15/h3-13,18H,2H2,1H3/b12-11+. The Morgan fingerprint density at radius 2 is 1.95 bits per heavy atom. The maximum atomic E-state index is 12.3. The van der Waals surface area contributed by atoms with E-state index >= 15 is 0 Å². The van der Waals surface area contributed by atoms with Gasteiger partial charge in [-0.15, -0.1) is 0 Å². The molecule has 0 fully saturated rings. The van der Waals surface area contributed by atoms with Crippen LogP contribution < -0.4 is 4.72 Å². The van der Waals surface area contributed by atoms with E-state index in [0.29, 0.717) is 11.5 Å². The van der Waals surface area contributed by atoms with Crippen molar-refractivity contribution in [3.05, 3.63) is 66.2 Å². The normalized spacial score (nSPS) is 12.0. The highest BCUT2D eigenvalue weighted by molar-refractivity contribution is 7.86. The number of benzene rings is 2. The number of carbonyl (C=O) groups excluding carboxylic acids is 1. The average molecular weight is 315 g/mol. The van der Waals surface area contributed by atoms with Crippen molar-refractivity contribution in [2.75, 3.05) is 11.3 Å². The Balaban J connectivity index is 2.07. The molecule has 2 aromatic rings. The van der Waals surface area contributed by atoms with Gasteiger partial charge in [-0.2, -0.15) is 0 Å². The Labute approximate surface area is 132 Å². The lowest BCUT2D eigenvalue weighted by Gasteiger charge is -2.06. The molecule has 0 aliphatic rings. The maximum Gasteiger partial charge on any atom is 0.330 e. The van der Waals surface area contributed by atoms with Gasteiger partial charge in [-0.3, -0.25) is 0 Å². The molecule has 0 amide bonds. The molecule has 0 heterocycles. The summed E-state index contributed by atoms with van der Waals surface area (Å²) in [6.45, 7) is 2.10. The van der Waals surface area contributed by atoms with Gasteiger partial charge in [-0.05, 0) is 42.8 Å². The molecule has 0 aromatic heterocycles. The van der Waals surface area contributed by atoms with E-state index in [4.69, 9.17) is 4.74 Å². The second-order valence-electron chi connectivity index (χ2n) is 4.39. The Hall–Kier alpha value is -2.40. The van der Waals surface area contributed by atoms with Crippen molar-refractivity contribution >= 4 is 28.7 Å². The first kappa shape index (κ1) is 16.0. The molecule has 2 rings (SSSR count). The molecule has 1 unspecified atom stereocenters. The van der Waals surface area contributed by atoms with E-state index in [1.165, 1.54) is 6.08 Å². The summed E-state index contributed by atoms with van der Waals surface area (Å²) in [5, 5.41) is 0. The van der Waals surface area contributed by atoms with Crippen molar-refractivity contribution in [1.29, 1.82) is 0 Å². The topological polar surface area (TPSA) is 55.4 Å². The monoisotopic (exact) mass is 315 g/mol. The van der Waals surface area contributed by atoms with Crippen molar-refractivity contribution < 1.29 is 13.7 Å². The second-order valence-corrected chi connectivity index (χ2v) is 5.61. The van der Waals surface area contributed by atoms with E-state index < -0.39 is 17.0 Å². The summed E-state index contributed by atoms with van der Waals surface area (Å²) in [6, 6.07) is 16.5. The summed E-state index contributed by atoms with van der Waals surface area (Å²) in [6.07, 6.45) is 3.00. The van der Waals surface area contributed by atoms with Crippen LogP contribution in [-0.4, -0.2) is 16.8 Å². The van der Waals surface area contributed by atoms with Crippen LogP contribution >= 0.6 is 0 Å². The lowest BCUT2D eigenvalue weighted by molar-refractivity contribution is -0.137. The van der Waals surface area contributed by atoms with Crippen molar-refractivity contribution in [2.45, 2.75) is 11.8 Å². The van der Waals surface area contributed by atoms with Crippen molar-refractivity contribution in [3.8, 4) is 0 Å². The number of hydrogen-bond donors (Lipinski definition) is 1. The fourth-order valence-corrected chi connectivity index (χ4v) is 2.67. The smallest absolute Gasteiger partial charge is 0.330 e. The highest BCUT2D eigenvalue weighted by Crippen LogP contribution is 2.14. The molecular weight excluding hydrogens is 298 g/mol. The third-order valence-corrected chi connectivity index (χ3v) is 3.86. The number of para-hydroxylation sites is 1. The Morgan fingerprint density at radius 1 is 1.18 bits per heavy atom. The van der Waals surface area contributed by atoms with Crippen LogP contribution in [0.5, 0.6) is 0 Å². The Bertz CT molecular complexity index is 683. The second kappa shape index (κ2) is 8.14. The lowest BCUT2D eigenvalue weighted by Crippen LogP contribution is -2.04. The maximum absolute atomic E-state index is 12.3. The van der Waals surface area contributed by atoms with Crippen molar-refractivity contribution in [2.24, 2.45) is 0 Å². The van der Waals surface area contributed by atoms with Crippen LogP contribution in [0.2, 0.25) is 0 Å². The molecule has 0 saturated carbocycles. The minimum Gasteiger partial charge on any atom is -0.463 e. The Morgan fingerprint density at radius 3 is 2.68 bits per heavy atom. The van der Waals surface area contributed by atoms with Crippen LogP contribution in [0.25, 0.3) is 6.08 Å². The largest absolute Gasteiger partial charge is 0.463 e. The van der Waals surface area contributed by atoms with E-state index in [1.807, 2.05) is 36.4 Å². The van der Waals surface area contributed by atoms with Crippen LogP contribution in [0.1, 0.15) is 12.5 Å². The molecule has 22 heavy (non-hydrogen) atoms. The quantitative estimate of drug-likeness (QED) is 0.656. The van der Waals surface area contributed by atoms with Gasteiger partial charge >= 0.3 is 5.97 Å². The predicted octanol–water partition coefficient (Wildman–Crippen LogP) is 3.40. The SMILES string of the molecule is CCOC(=O)/C=C/c1cccc(S(=O)Nc2ccccc2)c1. The average Bonchev–Trinajstić information content (AvgIpc) is 2.54. The van der Waals surface area contributed by atoms with E-state index in [9.17, 15) is 9.00 Å². The third kappa shape index (κ3) is 4.86. The van der Waals surface area contributed by atoms with E-state index in [1.54, 1.807) is 31.2 Å². The van der Waals surface area contributed by atoms with E-state index in [0.717, 1.165) is 11.3 Å². The molecule has 2 aromatic carbocycles. The first-order valence-electron chi connectivity index (χ1n) is 6.87. The van der Waals surface area contributed by atoms with E-state index in [-0.39, 0.29) is 0 Å². The van der Waals surface area contributed by atoms with Gasteiger partial charge in [0.1, 0.15) is 11.0 Å². The third-order valence-electron chi connectivity index (χ3n) is 2.75. The number of ether oxygens (including phenoxy) is 1. The molecule has 1 atom stereocenters. The number of rotatable bonds is 6. The summed E-state index contributed by atoms with van der Waals surface area (Å²) in [5.41, 5.74) is 1.57. The predicted molar refractivity (Wildman–Crippen MR) is 88.6 cm³/mol. The molecule has 0 saturated heterocycles. The first-order valence-corrected chi connectivity index (χ1v) is 8.02. The summed E-state index contributed by atoms with van der Waals surface area (Å²) >= 11 is 0. The van der Waals surface area contributed by atoms with Crippen molar-refractivity contribution in [1.82, 2.24) is 0 Å². The zero-order valence-corrected chi connectivity index (χ0v) is 13.0. The molecule has 0 aliphatic carbocycles. The summed E-state index contributed by atoms with van der Waals surface area (Å²) in [7, 11) is -1.36. The van der Waals surface area contributed by atoms with Crippen LogP contribution in [-0.2, 0) is 20.5 Å². The van der Waals surface area contributed by atoms with Crippen LogP contribution in [0.4, 0.5) is 5.69 Å². The molecule has 0 spiro atoms. The zero-order valence-electron chi connectivity index (χ0n) is 12.2. The highest BCUT2D eigenvalue weighted by Gasteiger charge is 2.04. The summed E-state index contributed by atoms with van der Waals surface area (Å²) in [5.74, 6) is -0.392. The van der Waals surface area contributed by atoms with Gasteiger partial charge < -0.3 is 9.46 Å². The number of hydrogen-bond acceptors (Lipinski definition) is 3. The molecule has 0 bridgehead atoms. The first-order chi connectivity index (χ1) is 10.7. The molecule has 1 N–H and O–H groups in total. The zero-order chi connectivity index (χ0) is 15.8. The van der Waals surface area contributed by atoms with Crippen LogP contribution in [0, 0.1) is 0 Å². The molecule has 114 valence electrons. The fraction of sp³-hybridized carbons (Fsp3) is 0.118. The highest BCUT2D eigenvalue weighted by atomic mass is 32.2. The van der Waals surface area contributed by atoms with Gasteiger partial charge in [0.25, 0.3) is 0 Å². The number of carbonyl (C=O) groups is 1. The minimum atomic E-state index is -1.36. The molecule has 0 radical (unpaired) electrons. The minimum absolute atomic E-state index is 0.341. The summed E-state index contributed by atoms with van der Waals surface area (Å²) in [4.78, 5) is 11.9. The number of nitrogens with one attached hydrogen (secondary N) is 1. The van der Waals surface area contributed by atoms with E-state index in [2.05, 4.69) is 4.72 Å². The van der Waals surface area contributed by atoms with Gasteiger partial charge in [0.05, 0.1) is 11.5 Å².